The van der Waals surface area contributed by atoms with Gasteiger partial charge in [-0.2, -0.15) is 8.75 Å². The number of methoxy groups -OCH3 is 1. The molecule has 0 aliphatic rings. The fourth-order valence-electron chi connectivity index (χ4n) is 2.62. The molecule has 0 radical (unpaired) electrons. The van der Waals surface area contributed by atoms with E-state index < -0.39 is 29.3 Å². The molecule has 1 atom stereocenters. The van der Waals surface area contributed by atoms with Gasteiger partial charge in [0.2, 0.25) is 0 Å². The first kappa shape index (κ1) is 17.2. The normalized spacial score (nSPS) is 12.3. The number of benzene rings is 2. The van der Waals surface area contributed by atoms with E-state index in [-0.39, 0.29) is 23.3 Å². The lowest BCUT2D eigenvalue weighted by Gasteiger charge is -2.19. The van der Waals surface area contributed by atoms with Crippen molar-refractivity contribution < 1.29 is 27.8 Å². The Morgan fingerprint density at radius 1 is 1.24 bits per heavy atom. The predicted octanol–water partition coefficient (Wildman–Crippen LogP) is 3.51. The minimum Gasteiger partial charge on any atom is -0.508 e. The zero-order chi connectivity index (χ0) is 18.1. The lowest BCUT2D eigenvalue weighted by molar-refractivity contribution is -0.140. The van der Waals surface area contributed by atoms with Crippen LogP contribution in [0.3, 0.4) is 0 Å². The third-order valence-electron chi connectivity index (χ3n) is 3.80. The van der Waals surface area contributed by atoms with Crippen LogP contribution in [-0.4, -0.2) is 26.9 Å². The summed E-state index contributed by atoms with van der Waals surface area (Å²) in [5, 5.41) is 10.3. The van der Waals surface area contributed by atoms with E-state index in [9.17, 15) is 23.1 Å². The van der Waals surface area contributed by atoms with Crippen molar-refractivity contribution in [3.8, 4) is 5.75 Å². The molecule has 9 heteroatoms. The molecular formula is C16H11F3N2O3S. The number of ether oxygens (including phenoxy) is 1. The summed E-state index contributed by atoms with van der Waals surface area (Å²) in [6, 6.07) is 4.44. The van der Waals surface area contributed by atoms with Gasteiger partial charge in [-0.15, -0.1) is 0 Å². The van der Waals surface area contributed by atoms with Crippen molar-refractivity contribution in [1.82, 2.24) is 8.75 Å². The molecule has 0 saturated heterocycles. The lowest BCUT2D eigenvalue weighted by Crippen LogP contribution is -2.12. The van der Waals surface area contributed by atoms with Gasteiger partial charge in [-0.05, 0) is 29.8 Å². The molecule has 0 unspecified atom stereocenters. The monoisotopic (exact) mass is 368 g/mol. The molecule has 3 aromatic rings. The second kappa shape index (κ2) is 6.67. The summed E-state index contributed by atoms with van der Waals surface area (Å²) in [7, 11) is 1.16. The Bertz CT molecular complexity index is 938. The topological polar surface area (TPSA) is 72.3 Å². The van der Waals surface area contributed by atoms with Gasteiger partial charge >= 0.3 is 5.97 Å². The maximum atomic E-state index is 13.7. The van der Waals surface area contributed by atoms with Crippen LogP contribution in [0.25, 0.3) is 11.0 Å². The van der Waals surface area contributed by atoms with E-state index in [4.69, 9.17) is 0 Å². The highest BCUT2D eigenvalue weighted by Crippen LogP contribution is 2.39. The van der Waals surface area contributed by atoms with E-state index in [0.717, 1.165) is 31.0 Å². The van der Waals surface area contributed by atoms with Gasteiger partial charge in [0, 0.05) is 11.5 Å². The number of phenolic OH excluding ortho intramolecular Hbond substituents is 1. The van der Waals surface area contributed by atoms with Gasteiger partial charge in [0.05, 0.1) is 25.3 Å². The minimum absolute atomic E-state index is 0.0300. The maximum absolute atomic E-state index is 13.7. The van der Waals surface area contributed by atoms with Crippen LogP contribution in [0.5, 0.6) is 5.75 Å². The van der Waals surface area contributed by atoms with Crippen molar-refractivity contribution >= 4 is 28.7 Å². The van der Waals surface area contributed by atoms with Crippen molar-refractivity contribution in [2.45, 2.75) is 12.3 Å². The summed E-state index contributed by atoms with van der Waals surface area (Å²) < 4.78 is 53.4. The average Bonchev–Trinajstić information content (AvgIpc) is 3.06. The van der Waals surface area contributed by atoms with Crippen LogP contribution >= 0.6 is 11.7 Å². The average molecular weight is 368 g/mol. The number of rotatable bonds is 4. The first-order valence-electron chi connectivity index (χ1n) is 7.07. The molecule has 1 heterocycles. The second-order valence-corrected chi connectivity index (χ2v) is 5.79. The van der Waals surface area contributed by atoms with E-state index >= 15 is 0 Å². The molecule has 0 bridgehead atoms. The molecule has 2 aromatic carbocycles. The number of nitrogens with zero attached hydrogens (tertiary/aromatic N) is 2. The largest absolute Gasteiger partial charge is 0.508 e. The quantitative estimate of drug-likeness (QED) is 0.564. The lowest BCUT2D eigenvalue weighted by atomic mass is 9.87. The number of aromatic nitrogens is 2. The molecule has 3 rings (SSSR count). The SMILES string of the molecule is COC(=O)C[C@@H](c1cc(F)c(F)c(F)c1)c1c(O)ccc2nsnc12. The Balaban J connectivity index is 2.23. The smallest absolute Gasteiger partial charge is 0.306 e. The Labute approximate surface area is 144 Å². The zero-order valence-corrected chi connectivity index (χ0v) is 13.6. The van der Waals surface area contributed by atoms with Crippen molar-refractivity contribution in [2.75, 3.05) is 7.11 Å². The van der Waals surface area contributed by atoms with E-state index in [1.54, 1.807) is 0 Å². The number of carbonyl (C=O) groups is 1. The van der Waals surface area contributed by atoms with Crippen molar-refractivity contribution in [3.05, 3.63) is 52.8 Å². The molecule has 0 fully saturated rings. The first-order chi connectivity index (χ1) is 11.9. The highest BCUT2D eigenvalue weighted by molar-refractivity contribution is 7.00. The summed E-state index contributed by atoms with van der Waals surface area (Å²) in [4.78, 5) is 11.8. The van der Waals surface area contributed by atoms with Gasteiger partial charge in [-0.25, -0.2) is 13.2 Å². The molecule has 0 spiro atoms. The van der Waals surface area contributed by atoms with E-state index in [1.807, 2.05) is 0 Å². The number of halogens is 3. The number of fused-ring (bicyclic) bond motifs is 1. The number of aromatic hydroxyl groups is 1. The van der Waals surface area contributed by atoms with Crippen LogP contribution in [-0.2, 0) is 9.53 Å². The Morgan fingerprint density at radius 2 is 1.92 bits per heavy atom. The number of hydrogen-bond donors (Lipinski definition) is 1. The Hall–Kier alpha value is -2.68. The van der Waals surface area contributed by atoms with Gasteiger partial charge in [-0.3, -0.25) is 4.79 Å². The molecule has 25 heavy (non-hydrogen) atoms. The first-order valence-corrected chi connectivity index (χ1v) is 7.80. The van der Waals surface area contributed by atoms with Crippen LogP contribution in [0.1, 0.15) is 23.5 Å². The van der Waals surface area contributed by atoms with Crippen LogP contribution in [0, 0.1) is 17.5 Å². The third-order valence-corrected chi connectivity index (χ3v) is 4.34. The Morgan fingerprint density at radius 3 is 2.56 bits per heavy atom. The summed E-state index contributed by atoms with van der Waals surface area (Å²) >= 11 is 0.886. The van der Waals surface area contributed by atoms with Gasteiger partial charge in [0.25, 0.3) is 0 Å². The third kappa shape index (κ3) is 3.14. The van der Waals surface area contributed by atoms with Gasteiger partial charge in [0.1, 0.15) is 16.8 Å². The fourth-order valence-corrected chi connectivity index (χ4v) is 3.17. The van der Waals surface area contributed by atoms with Crippen LogP contribution in [0.2, 0.25) is 0 Å². The summed E-state index contributed by atoms with van der Waals surface area (Å²) in [5.41, 5.74) is 0.888. The van der Waals surface area contributed by atoms with Crippen LogP contribution in [0.15, 0.2) is 24.3 Å². The summed E-state index contributed by atoms with van der Waals surface area (Å²) in [5.74, 6) is -6.29. The zero-order valence-electron chi connectivity index (χ0n) is 12.8. The van der Waals surface area contributed by atoms with Gasteiger partial charge in [0.15, 0.2) is 17.5 Å². The fraction of sp³-hybridized carbons (Fsp3) is 0.188. The van der Waals surface area contributed by atoms with Crippen molar-refractivity contribution in [2.24, 2.45) is 0 Å². The molecule has 0 saturated carbocycles. The highest BCUT2D eigenvalue weighted by Gasteiger charge is 2.27. The van der Waals surface area contributed by atoms with Gasteiger partial charge in [-0.1, -0.05) is 0 Å². The molecule has 0 aliphatic heterocycles. The summed E-state index contributed by atoms with van der Waals surface area (Å²) in [6.07, 6.45) is -0.328. The van der Waals surface area contributed by atoms with E-state index in [0.29, 0.717) is 11.0 Å². The summed E-state index contributed by atoms with van der Waals surface area (Å²) in [6.45, 7) is 0. The predicted molar refractivity (Wildman–Crippen MR) is 83.9 cm³/mol. The van der Waals surface area contributed by atoms with Crippen molar-refractivity contribution in [3.63, 3.8) is 0 Å². The van der Waals surface area contributed by atoms with Crippen LogP contribution < -0.4 is 0 Å². The number of carbonyl (C=O) groups excluding carboxylic acids is 1. The standard InChI is InChI=1S/C16H11F3N2O3S/c1-24-13(23)6-8(7-4-9(17)15(19)10(18)5-7)14-12(22)3-2-11-16(14)21-25-20-11/h2-5,8,22H,6H2,1H3/t8-/m0/s1. The molecule has 0 aliphatic carbocycles. The van der Waals surface area contributed by atoms with E-state index in [2.05, 4.69) is 13.5 Å². The number of hydrogen-bond acceptors (Lipinski definition) is 6. The molecule has 130 valence electrons. The molecule has 0 amide bonds. The van der Waals surface area contributed by atoms with Crippen molar-refractivity contribution in [1.29, 1.82) is 0 Å². The maximum Gasteiger partial charge on any atom is 0.306 e. The Kier molecular flexibility index (Phi) is 4.58. The highest BCUT2D eigenvalue weighted by atomic mass is 32.1. The molecule has 5 nitrogen and oxygen atoms in total. The molecule has 1 N–H and O–H groups in total. The number of esters is 1. The second-order valence-electron chi connectivity index (χ2n) is 5.26. The van der Waals surface area contributed by atoms with Crippen LogP contribution in [0.4, 0.5) is 13.2 Å². The number of phenols is 1. The van der Waals surface area contributed by atoms with E-state index in [1.165, 1.54) is 12.1 Å². The minimum atomic E-state index is -1.61. The molecule has 1 aromatic heterocycles. The van der Waals surface area contributed by atoms with Gasteiger partial charge < -0.3 is 9.84 Å². The molecular weight excluding hydrogens is 357 g/mol.